The van der Waals surface area contributed by atoms with Gasteiger partial charge in [-0.25, -0.2) is 0 Å². The SMILES string of the molecule is FC(F)(F)C(F)(F)CCCSC[C@H]1CCCN1. The summed E-state index contributed by atoms with van der Waals surface area (Å²) in [4.78, 5) is 0. The normalized spacial score (nSPS) is 22.1. The molecule has 0 saturated carbocycles. The number of hydrogen-bond donors (Lipinski definition) is 1. The molecule has 1 atom stereocenters. The van der Waals surface area contributed by atoms with E-state index in [1.807, 2.05) is 0 Å². The van der Waals surface area contributed by atoms with Crippen LogP contribution in [0.1, 0.15) is 25.7 Å². The van der Waals surface area contributed by atoms with Crippen LogP contribution in [0.15, 0.2) is 0 Å². The number of nitrogens with one attached hydrogen (secondary N) is 1. The van der Waals surface area contributed by atoms with Crippen molar-refractivity contribution in [1.82, 2.24) is 5.32 Å². The summed E-state index contributed by atoms with van der Waals surface area (Å²) in [5.41, 5.74) is 0. The van der Waals surface area contributed by atoms with Crippen molar-refractivity contribution in [3.63, 3.8) is 0 Å². The molecule has 102 valence electrons. The second-order valence-corrected chi connectivity index (χ2v) is 5.32. The molecule has 0 radical (unpaired) electrons. The van der Waals surface area contributed by atoms with E-state index in [0.29, 0.717) is 11.8 Å². The average Bonchev–Trinajstić information content (AvgIpc) is 2.68. The smallest absolute Gasteiger partial charge is 0.313 e. The fraction of sp³-hybridized carbons (Fsp3) is 1.00. The van der Waals surface area contributed by atoms with Gasteiger partial charge < -0.3 is 5.32 Å². The van der Waals surface area contributed by atoms with Crippen LogP contribution in [-0.2, 0) is 0 Å². The predicted molar refractivity (Wildman–Crippen MR) is 58.6 cm³/mol. The van der Waals surface area contributed by atoms with E-state index in [1.54, 1.807) is 0 Å². The molecule has 1 fully saturated rings. The third kappa shape index (κ3) is 4.99. The molecule has 0 amide bonds. The standard InChI is InChI=1S/C10H16F5NS/c11-9(12,10(13,14)15)4-2-6-17-7-8-3-1-5-16-8/h8,16H,1-7H2/t8-/m1/s1. The minimum atomic E-state index is -5.41. The molecular weight excluding hydrogens is 261 g/mol. The van der Waals surface area contributed by atoms with Crippen LogP contribution in [-0.4, -0.2) is 36.2 Å². The fourth-order valence-corrected chi connectivity index (χ4v) is 2.75. The van der Waals surface area contributed by atoms with Crippen molar-refractivity contribution < 1.29 is 22.0 Å². The number of rotatable bonds is 6. The Morgan fingerprint density at radius 3 is 2.41 bits per heavy atom. The van der Waals surface area contributed by atoms with E-state index >= 15 is 0 Å². The summed E-state index contributed by atoms with van der Waals surface area (Å²) in [6.07, 6.45) is -4.46. The third-order valence-corrected chi connectivity index (χ3v) is 3.89. The highest BCUT2D eigenvalue weighted by Gasteiger charge is 2.56. The first-order chi connectivity index (χ1) is 7.83. The van der Waals surface area contributed by atoms with E-state index in [2.05, 4.69) is 5.32 Å². The Bertz CT molecular complexity index is 225. The van der Waals surface area contributed by atoms with E-state index in [1.165, 1.54) is 11.8 Å². The van der Waals surface area contributed by atoms with Crippen LogP contribution < -0.4 is 5.32 Å². The number of alkyl halides is 5. The molecule has 1 nitrogen and oxygen atoms in total. The highest BCUT2D eigenvalue weighted by Crippen LogP contribution is 2.39. The summed E-state index contributed by atoms with van der Waals surface area (Å²) >= 11 is 1.44. The zero-order chi connectivity index (χ0) is 12.9. The minimum absolute atomic E-state index is 0.107. The molecule has 17 heavy (non-hydrogen) atoms. The Kier molecular flexibility index (Phi) is 5.50. The largest absolute Gasteiger partial charge is 0.453 e. The highest BCUT2D eigenvalue weighted by molar-refractivity contribution is 7.99. The van der Waals surface area contributed by atoms with Crippen LogP contribution in [0.25, 0.3) is 0 Å². The van der Waals surface area contributed by atoms with Gasteiger partial charge in [0.15, 0.2) is 0 Å². The summed E-state index contributed by atoms with van der Waals surface area (Å²) in [7, 11) is 0. The first-order valence-corrected chi connectivity index (χ1v) is 6.74. The second kappa shape index (κ2) is 6.22. The summed E-state index contributed by atoms with van der Waals surface area (Å²) in [5, 5.41) is 3.24. The van der Waals surface area contributed by atoms with Crippen molar-refractivity contribution in [2.45, 2.75) is 43.8 Å². The van der Waals surface area contributed by atoms with Crippen molar-refractivity contribution in [3.05, 3.63) is 0 Å². The lowest BCUT2D eigenvalue weighted by molar-refractivity contribution is -0.284. The lowest BCUT2D eigenvalue weighted by Crippen LogP contribution is -2.36. The van der Waals surface area contributed by atoms with Gasteiger partial charge in [0, 0.05) is 18.2 Å². The highest BCUT2D eigenvalue weighted by atomic mass is 32.2. The van der Waals surface area contributed by atoms with Crippen molar-refractivity contribution >= 4 is 11.8 Å². The third-order valence-electron chi connectivity index (χ3n) is 2.68. The van der Waals surface area contributed by atoms with Gasteiger partial charge in [-0.05, 0) is 31.6 Å². The molecule has 1 heterocycles. The van der Waals surface area contributed by atoms with Gasteiger partial charge in [0.05, 0.1) is 0 Å². The number of thioether (sulfide) groups is 1. The van der Waals surface area contributed by atoms with Gasteiger partial charge in [0.2, 0.25) is 0 Å². The van der Waals surface area contributed by atoms with Gasteiger partial charge in [0.25, 0.3) is 0 Å². The van der Waals surface area contributed by atoms with Gasteiger partial charge >= 0.3 is 12.1 Å². The number of hydrogen-bond acceptors (Lipinski definition) is 2. The summed E-state index contributed by atoms with van der Waals surface area (Å²) in [5.74, 6) is -3.40. The van der Waals surface area contributed by atoms with Crippen LogP contribution >= 0.6 is 11.8 Å². The van der Waals surface area contributed by atoms with Gasteiger partial charge in [-0.2, -0.15) is 33.7 Å². The van der Waals surface area contributed by atoms with Gasteiger partial charge in [-0.15, -0.1) is 0 Å². The summed E-state index contributed by atoms with van der Waals surface area (Å²) < 4.78 is 60.5. The zero-order valence-electron chi connectivity index (χ0n) is 9.33. The molecule has 0 spiro atoms. The molecule has 0 aromatic rings. The Labute approximate surface area is 102 Å². The van der Waals surface area contributed by atoms with Crippen LogP contribution in [0.3, 0.4) is 0 Å². The van der Waals surface area contributed by atoms with E-state index in [-0.39, 0.29) is 6.42 Å². The molecule has 0 aromatic heterocycles. The second-order valence-electron chi connectivity index (χ2n) is 4.17. The number of halogens is 5. The molecule has 1 rings (SSSR count). The Balaban J connectivity index is 2.07. The summed E-state index contributed by atoms with van der Waals surface area (Å²) in [6.45, 7) is 0.970. The van der Waals surface area contributed by atoms with Gasteiger partial charge in [0.1, 0.15) is 0 Å². The Hall–Kier alpha value is -0.0400. The van der Waals surface area contributed by atoms with Gasteiger partial charge in [-0.1, -0.05) is 0 Å². The molecule has 1 aliphatic heterocycles. The van der Waals surface area contributed by atoms with E-state index in [4.69, 9.17) is 0 Å². The zero-order valence-corrected chi connectivity index (χ0v) is 10.1. The van der Waals surface area contributed by atoms with Crippen molar-refractivity contribution in [3.8, 4) is 0 Å². The van der Waals surface area contributed by atoms with E-state index in [0.717, 1.165) is 25.1 Å². The van der Waals surface area contributed by atoms with E-state index in [9.17, 15) is 22.0 Å². The lowest BCUT2D eigenvalue weighted by atomic mass is 10.2. The monoisotopic (exact) mass is 277 g/mol. The van der Waals surface area contributed by atoms with Crippen LogP contribution in [0.5, 0.6) is 0 Å². The van der Waals surface area contributed by atoms with Crippen molar-refractivity contribution in [2.75, 3.05) is 18.1 Å². The van der Waals surface area contributed by atoms with Crippen molar-refractivity contribution in [2.24, 2.45) is 0 Å². The maximum atomic E-state index is 12.5. The maximum absolute atomic E-state index is 12.5. The lowest BCUT2D eigenvalue weighted by Gasteiger charge is -2.19. The van der Waals surface area contributed by atoms with Crippen LogP contribution in [0.2, 0.25) is 0 Å². The van der Waals surface area contributed by atoms with Gasteiger partial charge in [-0.3, -0.25) is 0 Å². The first kappa shape index (κ1) is 15.0. The topological polar surface area (TPSA) is 12.0 Å². The molecule has 0 bridgehead atoms. The Morgan fingerprint density at radius 2 is 1.88 bits per heavy atom. The molecule has 1 aliphatic rings. The molecule has 0 aromatic carbocycles. The molecule has 1 N–H and O–H groups in total. The fourth-order valence-electron chi connectivity index (χ4n) is 1.66. The molecular formula is C10H16F5NS. The molecule has 0 aliphatic carbocycles. The quantitative estimate of drug-likeness (QED) is 0.589. The van der Waals surface area contributed by atoms with Crippen LogP contribution in [0.4, 0.5) is 22.0 Å². The predicted octanol–water partition coefficient (Wildman–Crippen LogP) is 3.45. The first-order valence-electron chi connectivity index (χ1n) is 5.58. The maximum Gasteiger partial charge on any atom is 0.453 e. The van der Waals surface area contributed by atoms with E-state index < -0.39 is 18.5 Å². The molecule has 1 saturated heterocycles. The molecule has 0 unspecified atom stereocenters. The molecule has 7 heteroatoms. The van der Waals surface area contributed by atoms with Crippen LogP contribution in [0, 0.1) is 0 Å². The Morgan fingerprint density at radius 1 is 1.18 bits per heavy atom. The van der Waals surface area contributed by atoms with Crippen molar-refractivity contribution in [1.29, 1.82) is 0 Å². The summed E-state index contributed by atoms with van der Waals surface area (Å²) in [6, 6.07) is 0.392. The average molecular weight is 277 g/mol. The minimum Gasteiger partial charge on any atom is -0.313 e.